The van der Waals surface area contributed by atoms with E-state index < -0.39 is 23.9 Å². The summed E-state index contributed by atoms with van der Waals surface area (Å²) in [5.41, 5.74) is 0. The van der Waals surface area contributed by atoms with Crippen LogP contribution in [0.2, 0.25) is 0 Å². The minimum absolute atomic E-state index is 0.0596. The van der Waals surface area contributed by atoms with Crippen molar-refractivity contribution in [2.45, 2.75) is 32.2 Å². The van der Waals surface area contributed by atoms with Gasteiger partial charge in [0.05, 0.1) is 6.42 Å². The van der Waals surface area contributed by atoms with E-state index in [1.165, 1.54) is 11.8 Å². The van der Waals surface area contributed by atoms with Crippen LogP contribution < -0.4 is 0 Å². The minimum Gasteiger partial charge on any atom is -0.481 e. The molecule has 0 aliphatic carbocycles. The molecule has 0 saturated heterocycles. The van der Waals surface area contributed by atoms with Crippen LogP contribution >= 0.6 is 0 Å². The first kappa shape index (κ1) is 15.4. The fourth-order valence-electron chi connectivity index (χ4n) is 1.33. The Balaban J connectivity index is 4.24. The van der Waals surface area contributed by atoms with Crippen molar-refractivity contribution in [1.82, 2.24) is 4.90 Å². The third-order valence-electron chi connectivity index (χ3n) is 2.35. The Morgan fingerprint density at radius 1 is 1.00 bits per heavy atom. The zero-order valence-corrected chi connectivity index (χ0v) is 9.63. The average Bonchev–Trinajstić information content (AvgIpc) is 2.21. The monoisotopic (exact) mass is 247 g/mol. The highest BCUT2D eigenvalue weighted by Gasteiger charge is 2.20. The van der Waals surface area contributed by atoms with Gasteiger partial charge < -0.3 is 15.3 Å². The summed E-state index contributed by atoms with van der Waals surface area (Å²) >= 11 is 0. The summed E-state index contributed by atoms with van der Waals surface area (Å²) in [6, 6.07) is -0.817. The van der Waals surface area contributed by atoms with E-state index in [1.54, 1.807) is 0 Å². The first-order chi connectivity index (χ1) is 7.84. The van der Waals surface area contributed by atoms with Crippen LogP contribution in [0.5, 0.6) is 0 Å². The topological polar surface area (TPSA) is 115 Å². The van der Waals surface area contributed by atoms with Crippen LogP contribution in [-0.2, 0) is 14.4 Å². The van der Waals surface area contributed by atoms with Gasteiger partial charge in [-0.2, -0.15) is 0 Å². The molecule has 0 aliphatic rings. The first-order valence-corrected chi connectivity index (χ1v) is 5.25. The molecule has 0 bridgehead atoms. The molecule has 0 heterocycles. The molecule has 0 amide bonds. The zero-order valence-electron chi connectivity index (χ0n) is 9.63. The van der Waals surface area contributed by atoms with Gasteiger partial charge in [0, 0.05) is 13.0 Å². The van der Waals surface area contributed by atoms with Crippen molar-refractivity contribution < 1.29 is 29.7 Å². The van der Waals surface area contributed by atoms with Crippen LogP contribution in [0.25, 0.3) is 0 Å². The quantitative estimate of drug-likeness (QED) is 0.529. The molecule has 7 nitrogen and oxygen atoms in total. The maximum absolute atomic E-state index is 10.8. The number of carboxylic acid groups (broad SMARTS) is 3. The molecule has 3 N–H and O–H groups in total. The van der Waals surface area contributed by atoms with Gasteiger partial charge in [-0.25, -0.2) is 0 Å². The molecule has 1 unspecified atom stereocenters. The van der Waals surface area contributed by atoms with Crippen molar-refractivity contribution in [3.63, 3.8) is 0 Å². The molecule has 7 heteroatoms. The number of carboxylic acids is 3. The van der Waals surface area contributed by atoms with Gasteiger partial charge in [-0.1, -0.05) is 0 Å². The molecule has 0 radical (unpaired) electrons. The minimum atomic E-state index is -1.05. The number of carbonyl (C=O) groups is 3. The Bertz CT molecular complexity index is 291. The summed E-state index contributed by atoms with van der Waals surface area (Å²) < 4.78 is 0. The summed E-state index contributed by atoms with van der Waals surface area (Å²) in [6.07, 6.45) is 0.0766. The largest absolute Gasteiger partial charge is 0.481 e. The second-order valence-corrected chi connectivity index (χ2v) is 3.69. The number of nitrogens with zero attached hydrogens (tertiary/aromatic N) is 1. The average molecular weight is 247 g/mol. The lowest BCUT2D eigenvalue weighted by Gasteiger charge is -2.25. The van der Waals surface area contributed by atoms with Crippen LogP contribution in [0.15, 0.2) is 0 Å². The zero-order chi connectivity index (χ0) is 13.4. The fraction of sp³-hybridized carbons (Fsp3) is 0.700. The molecule has 0 rings (SSSR count). The lowest BCUT2D eigenvalue weighted by molar-refractivity contribution is -0.144. The van der Waals surface area contributed by atoms with Crippen LogP contribution in [0.3, 0.4) is 0 Å². The van der Waals surface area contributed by atoms with Gasteiger partial charge in [0.15, 0.2) is 0 Å². The lowest BCUT2D eigenvalue weighted by Crippen LogP contribution is -2.40. The van der Waals surface area contributed by atoms with E-state index in [0.717, 1.165) is 0 Å². The first-order valence-electron chi connectivity index (χ1n) is 5.25. The Morgan fingerprint density at radius 2 is 1.53 bits per heavy atom. The van der Waals surface area contributed by atoms with E-state index in [0.29, 0.717) is 6.42 Å². The van der Waals surface area contributed by atoms with Crippen molar-refractivity contribution >= 4 is 17.9 Å². The highest BCUT2D eigenvalue weighted by Crippen LogP contribution is 2.04. The summed E-state index contributed by atoms with van der Waals surface area (Å²) in [5, 5.41) is 25.8. The lowest BCUT2D eigenvalue weighted by atomic mass is 10.2. The smallest absolute Gasteiger partial charge is 0.320 e. The van der Waals surface area contributed by atoms with Crippen LogP contribution in [0, 0.1) is 0 Å². The van der Waals surface area contributed by atoms with E-state index in [2.05, 4.69) is 0 Å². The number of aliphatic carboxylic acids is 3. The molecule has 1 atom stereocenters. The van der Waals surface area contributed by atoms with Gasteiger partial charge in [-0.3, -0.25) is 19.3 Å². The predicted molar refractivity (Wildman–Crippen MR) is 57.8 cm³/mol. The van der Waals surface area contributed by atoms with E-state index >= 15 is 0 Å². The number of rotatable bonds is 9. The van der Waals surface area contributed by atoms with E-state index in [1.807, 2.05) is 0 Å². The van der Waals surface area contributed by atoms with Crippen LogP contribution in [0.4, 0.5) is 0 Å². The molecular weight excluding hydrogens is 230 g/mol. The maximum Gasteiger partial charge on any atom is 0.320 e. The molecule has 0 aliphatic heterocycles. The van der Waals surface area contributed by atoms with Crippen molar-refractivity contribution in [1.29, 1.82) is 0 Å². The summed E-state index contributed by atoms with van der Waals surface area (Å²) in [6.45, 7) is 1.81. The molecule has 0 saturated carbocycles. The fourth-order valence-corrected chi connectivity index (χ4v) is 1.33. The molecule has 98 valence electrons. The van der Waals surface area contributed by atoms with Gasteiger partial charge in [-0.05, 0) is 19.9 Å². The molecule has 0 aromatic carbocycles. The normalized spacial score (nSPS) is 12.4. The SMILES string of the molecule is CC(C(=O)O)N(CCCC(=O)O)CCC(=O)O. The van der Waals surface area contributed by atoms with Gasteiger partial charge in [0.1, 0.15) is 6.04 Å². The van der Waals surface area contributed by atoms with Crippen LogP contribution in [0.1, 0.15) is 26.2 Å². The number of hydrogen-bond donors (Lipinski definition) is 3. The molecule has 0 fully saturated rings. The molecule has 17 heavy (non-hydrogen) atoms. The van der Waals surface area contributed by atoms with Crippen molar-refractivity contribution in [3.05, 3.63) is 0 Å². The van der Waals surface area contributed by atoms with Crippen molar-refractivity contribution in [2.75, 3.05) is 13.1 Å². The highest BCUT2D eigenvalue weighted by atomic mass is 16.4. The van der Waals surface area contributed by atoms with Gasteiger partial charge in [0.2, 0.25) is 0 Å². The van der Waals surface area contributed by atoms with Gasteiger partial charge in [0.25, 0.3) is 0 Å². The molecule has 0 spiro atoms. The van der Waals surface area contributed by atoms with E-state index in [9.17, 15) is 14.4 Å². The van der Waals surface area contributed by atoms with Gasteiger partial charge >= 0.3 is 17.9 Å². The van der Waals surface area contributed by atoms with E-state index in [4.69, 9.17) is 15.3 Å². The second kappa shape index (κ2) is 7.61. The Kier molecular flexibility index (Phi) is 6.88. The molecule has 0 aromatic heterocycles. The predicted octanol–water partition coefficient (Wildman–Crippen LogP) is 0.101. The van der Waals surface area contributed by atoms with Gasteiger partial charge in [-0.15, -0.1) is 0 Å². The molecule has 0 aromatic rings. The maximum atomic E-state index is 10.8. The second-order valence-electron chi connectivity index (χ2n) is 3.69. The Morgan fingerprint density at radius 3 is 1.94 bits per heavy atom. The Labute approximate surface area is 98.7 Å². The standard InChI is InChI=1S/C10H17NO6/c1-7(10(16)17)11(6-4-9(14)15)5-2-3-8(12)13/h7H,2-6H2,1H3,(H,12,13)(H,14,15)(H,16,17). The highest BCUT2D eigenvalue weighted by molar-refractivity contribution is 5.73. The third kappa shape index (κ3) is 7.29. The van der Waals surface area contributed by atoms with Crippen molar-refractivity contribution in [2.24, 2.45) is 0 Å². The molecular formula is C10H17NO6. The van der Waals surface area contributed by atoms with E-state index in [-0.39, 0.29) is 25.9 Å². The van der Waals surface area contributed by atoms with Crippen molar-refractivity contribution in [3.8, 4) is 0 Å². The summed E-state index contributed by atoms with van der Waals surface area (Å²) in [7, 11) is 0. The number of hydrogen-bond acceptors (Lipinski definition) is 4. The van der Waals surface area contributed by atoms with Crippen LogP contribution in [-0.4, -0.2) is 57.3 Å². The summed E-state index contributed by atoms with van der Waals surface area (Å²) in [4.78, 5) is 33.0. The third-order valence-corrected chi connectivity index (χ3v) is 2.35. The summed E-state index contributed by atoms with van der Waals surface area (Å²) in [5.74, 6) is -3.01. The Hall–Kier alpha value is -1.63.